The van der Waals surface area contributed by atoms with Gasteiger partial charge in [0, 0.05) is 37.0 Å². The number of likely N-dealkylation sites (N-methyl/N-ethyl adjacent to an activating group) is 1. The Morgan fingerprint density at radius 1 is 1.16 bits per heavy atom. The lowest BCUT2D eigenvalue weighted by Gasteiger charge is -2.18. The van der Waals surface area contributed by atoms with Gasteiger partial charge in [0.25, 0.3) is 0 Å². The van der Waals surface area contributed by atoms with Gasteiger partial charge >= 0.3 is 0 Å². The topological polar surface area (TPSA) is 41.9 Å². The average Bonchev–Trinajstić information content (AvgIpc) is 2.97. The summed E-state index contributed by atoms with van der Waals surface area (Å²) in [5.41, 5.74) is 0.980. The third-order valence-corrected chi connectivity index (χ3v) is 3.87. The maximum atomic E-state index is 4.40. The average molecular weight is 270 g/mol. The number of fused-ring (bicyclic) bond motifs is 1. The molecule has 3 aromatic rings. The van der Waals surface area contributed by atoms with Crippen molar-refractivity contribution in [3.8, 4) is 0 Å². The van der Waals surface area contributed by atoms with Crippen molar-refractivity contribution < 1.29 is 0 Å². The monoisotopic (exact) mass is 270 g/mol. The van der Waals surface area contributed by atoms with Crippen LogP contribution in [0.2, 0.25) is 0 Å². The lowest BCUT2D eigenvalue weighted by Crippen LogP contribution is -2.21. The molecule has 1 aromatic carbocycles. The summed E-state index contributed by atoms with van der Waals surface area (Å²) in [6, 6.07) is 8.08. The molecule has 0 aliphatic heterocycles. The minimum absolute atomic E-state index is 0.897. The SMILES string of the molecule is CN(CCc1nccs1)c1ncnc2ccccc12. The van der Waals surface area contributed by atoms with Gasteiger partial charge in [0.05, 0.1) is 10.5 Å². The molecule has 0 aliphatic carbocycles. The van der Waals surface area contributed by atoms with Gasteiger partial charge in [0.15, 0.2) is 0 Å². The Morgan fingerprint density at radius 3 is 2.89 bits per heavy atom. The van der Waals surface area contributed by atoms with Crippen LogP contribution in [0.1, 0.15) is 5.01 Å². The summed E-state index contributed by atoms with van der Waals surface area (Å²) >= 11 is 1.69. The van der Waals surface area contributed by atoms with Crippen LogP contribution in [0.3, 0.4) is 0 Å². The standard InChI is InChI=1S/C14H14N4S/c1-18(8-6-13-15-7-9-19-13)14-11-4-2-3-5-12(11)16-10-17-14/h2-5,7,9-10H,6,8H2,1H3. The second kappa shape index (κ2) is 5.32. The van der Waals surface area contributed by atoms with E-state index in [1.165, 1.54) is 0 Å². The highest BCUT2D eigenvalue weighted by Crippen LogP contribution is 2.21. The van der Waals surface area contributed by atoms with Gasteiger partial charge in [-0.05, 0) is 12.1 Å². The summed E-state index contributed by atoms with van der Waals surface area (Å²) in [5.74, 6) is 0.974. The van der Waals surface area contributed by atoms with E-state index < -0.39 is 0 Å². The number of rotatable bonds is 4. The van der Waals surface area contributed by atoms with Gasteiger partial charge < -0.3 is 4.90 Å². The van der Waals surface area contributed by atoms with E-state index in [2.05, 4.69) is 33.0 Å². The maximum absolute atomic E-state index is 4.40. The molecule has 0 saturated carbocycles. The molecule has 0 saturated heterocycles. The van der Waals surface area contributed by atoms with E-state index in [0.717, 1.165) is 34.7 Å². The maximum Gasteiger partial charge on any atom is 0.139 e. The lowest BCUT2D eigenvalue weighted by atomic mass is 10.2. The minimum Gasteiger partial charge on any atom is -0.359 e. The minimum atomic E-state index is 0.897. The van der Waals surface area contributed by atoms with Crippen LogP contribution >= 0.6 is 11.3 Å². The predicted octanol–water partition coefficient (Wildman–Crippen LogP) is 2.77. The molecular weight excluding hydrogens is 256 g/mol. The van der Waals surface area contributed by atoms with E-state index in [0.29, 0.717) is 0 Å². The van der Waals surface area contributed by atoms with Crippen LogP contribution in [0.15, 0.2) is 42.2 Å². The predicted molar refractivity (Wildman–Crippen MR) is 78.6 cm³/mol. The summed E-state index contributed by atoms with van der Waals surface area (Å²) in [5, 5.41) is 4.26. The normalized spacial score (nSPS) is 10.8. The first-order chi connectivity index (χ1) is 9.34. The van der Waals surface area contributed by atoms with E-state index in [-0.39, 0.29) is 0 Å². The van der Waals surface area contributed by atoms with Crippen molar-refractivity contribution >= 4 is 28.1 Å². The molecular formula is C14H14N4S. The van der Waals surface area contributed by atoms with Crippen molar-refractivity contribution in [3.05, 3.63) is 47.2 Å². The smallest absolute Gasteiger partial charge is 0.139 e. The van der Waals surface area contributed by atoms with Crippen molar-refractivity contribution in [2.75, 3.05) is 18.5 Å². The third-order valence-electron chi connectivity index (χ3n) is 3.03. The number of anilines is 1. The number of hydrogen-bond donors (Lipinski definition) is 0. The Bertz CT molecular complexity index is 661. The molecule has 0 radical (unpaired) electrons. The Kier molecular flexibility index (Phi) is 3.37. The lowest BCUT2D eigenvalue weighted by molar-refractivity contribution is 0.855. The van der Waals surface area contributed by atoms with Gasteiger partial charge in [-0.15, -0.1) is 11.3 Å². The van der Waals surface area contributed by atoms with Gasteiger partial charge in [0.2, 0.25) is 0 Å². The zero-order valence-electron chi connectivity index (χ0n) is 10.7. The zero-order valence-corrected chi connectivity index (χ0v) is 11.5. The van der Waals surface area contributed by atoms with Crippen molar-refractivity contribution in [2.45, 2.75) is 6.42 Å². The molecule has 4 nitrogen and oxygen atoms in total. The number of nitrogens with zero attached hydrogens (tertiary/aromatic N) is 4. The highest BCUT2D eigenvalue weighted by atomic mass is 32.1. The first-order valence-electron chi connectivity index (χ1n) is 6.14. The molecule has 19 heavy (non-hydrogen) atoms. The molecule has 5 heteroatoms. The molecule has 0 N–H and O–H groups in total. The Hall–Kier alpha value is -2.01. The quantitative estimate of drug-likeness (QED) is 0.731. The van der Waals surface area contributed by atoms with Crippen LogP contribution < -0.4 is 4.90 Å². The van der Waals surface area contributed by atoms with Crippen LogP contribution in [0, 0.1) is 0 Å². The highest BCUT2D eigenvalue weighted by molar-refractivity contribution is 7.09. The number of thiazole rings is 1. The number of para-hydroxylation sites is 1. The largest absolute Gasteiger partial charge is 0.359 e. The first kappa shape index (κ1) is 12.0. The van der Waals surface area contributed by atoms with Crippen LogP contribution in [-0.2, 0) is 6.42 Å². The second-order valence-corrected chi connectivity index (χ2v) is 5.29. The fraction of sp³-hybridized carbons (Fsp3) is 0.214. The molecule has 0 unspecified atom stereocenters. The fourth-order valence-electron chi connectivity index (χ4n) is 2.04. The third kappa shape index (κ3) is 2.56. The van der Waals surface area contributed by atoms with E-state index in [1.807, 2.05) is 29.8 Å². The summed E-state index contributed by atoms with van der Waals surface area (Å²) in [6.07, 6.45) is 4.41. The van der Waals surface area contributed by atoms with Crippen LogP contribution in [0.5, 0.6) is 0 Å². The summed E-state index contributed by atoms with van der Waals surface area (Å²) in [7, 11) is 2.06. The fourth-order valence-corrected chi connectivity index (χ4v) is 2.65. The van der Waals surface area contributed by atoms with Crippen molar-refractivity contribution in [3.63, 3.8) is 0 Å². The molecule has 3 rings (SSSR count). The second-order valence-electron chi connectivity index (χ2n) is 4.31. The van der Waals surface area contributed by atoms with Crippen LogP contribution in [-0.4, -0.2) is 28.5 Å². The van der Waals surface area contributed by atoms with E-state index >= 15 is 0 Å². The molecule has 2 aromatic heterocycles. The molecule has 0 atom stereocenters. The number of hydrogen-bond acceptors (Lipinski definition) is 5. The van der Waals surface area contributed by atoms with E-state index in [9.17, 15) is 0 Å². The molecule has 0 spiro atoms. The Morgan fingerprint density at radius 2 is 2.05 bits per heavy atom. The molecule has 2 heterocycles. The van der Waals surface area contributed by atoms with Crippen LogP contribution in [0.25, 0.3) is 10.9 Å². The van der Waals surface area contributed by atoms with Gasteiger partial charge in [-0.2, -0.15) is 0 Å². The summed E-state index contributed by atoms with van der Waals surface area (Å²) in [6.45, 7) is 0.897. The zero-order chi connectivity index (χ0) is 13.1. The van der Waals surface area contributed by atoms with Gasteiger partial charge in [0.1, 0.15) is 12.1 Å². The molecule has 0 aliphatic rings. The van der Waals surface area contributed by atoms with Crippen molar-refractivity contribution in [1.29, 1.82) is 0 Å². The van der Waals surface area contributed by atoms with Gasteiger partial charge in [-0.25, -0.2) is 15.0 Å². The molecule has 0 bridgehead atoms. The summed E-state index contributed by atoms with van der Waals surface area (Å²) < 4.78 is 0. The highest BCUT2D eigenvalue weighted by Gasteiger charge is 2.08. The van der Waals surface area contributed by atoms with E-state index in [4.69, 9.17) is 0 Å². The molecule has 0 fully saturated rings. The van der Waals surface area contributed by atoms with Crippen molar-refractivity contribution in [2.24, 2.45) is 0 Å². The summed E-state index contributed by atoms with van der Waals surface area (Å²) in [4.78, 5) is 15.2. The first-order valence-corrected chi connectivity index (χ1v) is 7.02. The molecule has 96 valence electrons. The van der Waals surface area contributed by atoms with E-state index in [1.54, 1.807) is 17.7 Å². The Labute approximate surface area is 115 Å². The van der Waals surface area contributed by atoms with Gasteiger partial charge in [-0.1, -0.05) is 12.1 Å². The van der Waals surface area contributed by atoms with Crippen LogP contribution in [0.4, 0.5) is 5.82 Å². The van der Waals surface area contributed by atoms with Gasteiger partial charge in [-0.3, -0.25) is 0 Å². The molecule has 0 amide bonds. The number of benzene rings is 1. The Balaban J connectivity index is 1.83. The van der Waals surface area contributed by atoms with Crippen molar-refractivity contribution in [1.82, 2.24) is 15.0 Å². The number of aromatic nitrogens is 3.